The molecule has 1 aromatic carbocycles. The lowest BCUT2D eigenvalue weighted by Gasteiger charge is -2.13. The van der Waals surface area contributed by atoms with Gasteiger partial charge in [0, 0.05) is 0 Å². The van der Waals surface area contributed by atoms with Crippen molar-refractivity contribution in [3.63, 3.8) is 0 Å². The quantitative estimate of drug-likeness (QED) is 0.753. The first-order valence-electron chi connectivity index (χ1n) is 5.77. The van der Waals surface area contributed by atoms with Gasteiger partial charge < -0.3 is 4.74 Å². The summed E-state index contributed by atoms with van der Waals surface area (Å²) in [5, 5.41) is 9.03. The molecule has 0 saturated carbocycles. The standard InChI is InChI=1S/C14H16FNO2/c1-9(2)7-10(8-16)14(17)13-11(15)5-4-6-12(13)18-3/h4-6,9-10H,7H2,1-3H3. The largest absolute Gasteiger partial charge is 0.496 e. The number of methoxy groups -OCH3 is 1. The monoisotopic (exact) mass is 249 g/mol. The van der Waals surface area contributed by atoms with Crippen molar-refractivity contribution in [3.05, 3.63) is 29.6 Å². The number of nitrogens with zero attached hydrogens (tertiary/aromatic N) is 1. The molecule has 0 radical (unpaired) electrons. The molecule has 0 heterocycles. The van der Waals surface area contributed by atoms with Crippen LogP contribution in [-0.4, -0.2) is 12.9 Å². The van der Waals surface area contributed by atoms with Gasteiger partial charge in [0.15, 0.2) is 5.78 Å². The summed E-state index contributed by atoms with van der Waals surface area (Å²) in [7, 11) is 1.37. The van der Waals surface area contributed by atoms with E-state index in [0.717, 1.165) is 0 Å². The number of halogens is 1. The first-order chi connectivity index (χ1) is 8.51. The number of ether oxygens (including phenoxy) is 1. The molecule has 96 valence electrons. The maximum absolute atomic E-state index is 13.7. The fourth-order valence-corrected chi connectivity index (χ4v) is 1.78. The number of hydrogen-bond acceptors (Lipinski definition) is 3. The molecular weight excluding hydrogens is 233 g/mol. The van der Waals surface area contributed by atoms with Crippen LogP contribution in [0.5, 0.6) is 5.75 Å². The van der Waals surface area contributed by atoms with Gasteiger partial charge in [-0.3, -0.25) is 4.79 Å². The van der Waals surface area contributed by atoms with E-state index in [-0.39, 0.29) is 17.2 Å². The van der Waals surface area contributed by atoms with E-state index in [1.165, 1.54) is 25.3 Å². The van der Waals surface area contributed by atoms with Crippen LogP contribution in [0.3, 0.4) is 0 Å². The fraction of sp³-hybridized carbons (Fsp3) is 0.429. The van der Waals surface area contributed by atoms with Gasteiger partial charge in [-0.15, -0.1) is 0 Å². The van der Waals surface area contributed by atoms with Gasteiger partial charge in [-0.05, 0) is 24.5 Å². The second kappa shape index (κ2) is 6.15. The molecule has 1 aromatic rings. The molecule has 4 heteroatoms. The summed E-state index contributed by atoms with van der Waals surface area (Å²) < 4.78 is 18.7. The van der Waals surface area contributed by atoms with Gasteiger partial charge >= 0.3 is 0 Å². The van der Waals surface area contributed by atoms with Gasteiger partial charge in [0.05, 0.1) is 18.7 Å². The van der Waals surface area contributed by atoms with E-state index in [1.54, 1.807) is 0 Å². The van der Waals surface area contributed by atoms with E-state index in [1.807, 2.05) is 19.9 Å². The summed E-state index contributed by atoms with van der Waals surface area (Å²) in [6.45, 7) is 3.83. The minimum atomic E-state index is -0.837. The smallest absolute Gasteiger partial charge is 0.186 e. The van der Waals surface area contributed by atoms with E-state index in [4.69, 9.17) is 10.00 Å². The van der Waals surface area contributed by atoms with Crippen LogP contribution in [0.15, 0.2) is 18.2 Å². The van der Waals surface area contributed by atoms with E-state index in [9.17, 15) is 9.18 Å². The Bertz CT molecular complexity index is 477. The average molecular weight is 249 g/mol. The highest BCUT2D eigenvalue weighted by Crippen LogP contribution is 2.26. The number of carbonyl (C=O) groups excluding carboxylic acids is 1. The van der Waals surface area contributed by atoms with Crippen molar-refractivity contribution in [2.45, 2.75) is 20.3 Å². The lowest BCUT2D eigenvalue weighted by molar-refractivity contribution is 0.0929. The van der Waals surface area contributed by atoms with Crippen molar-refractivity contribution in [2.24, 2.45) is 11.8 Å². The highest BCUT2D eigenvalue weighted by Gasteiger charge is 2.26. The zero-order valence-corrected chi connectivity index (χ0v) is 10.7. The predicted octanol–water partition coefficient (Wildman–Crippen LogP) is 3.20. The zero-order chi connectivity index (χ0) is 13.7. The SMILES string of the molecule is COc1cccc(F)c1C(=O)C(C#N)CC(C)C. The maximum atomic E-state index is 13.7. The maximum Gasteiger partial charge on any atom is 0.186 e. The van der Waals surface area contributed by atoms with Crippen LogP contribution in [0.1, 0.15) is 30.6 Å². The number of nitriles is 1. The molecule has 3 nitrogen and oxygen atoms in total. The fourth-order valence-electron chi connectivity index (χ4n) is 1.78. The first kappa shape index (κ1) is 14.2. The van der Waals surface area contributed by atoms with Crippen molar-refractivity contribution in [2.75, 3.05) is 7.11 Å². The molecule has 0 aliphatic rings. The summed E-state index contributed by atoms with van der Waals surface area (Å²) in [6, 6.07) is 6.11. The molecule has 1 rings (SSSR count). The number of carbonyl (C=O) groups is 1. The predicted molar refractivity (Wildman–Crippen MR) is 65.8 cm³/mol. The minimum absolute atomic E-state index is 0.132. The van der Waals surface area contributed by atoms with Crippen LogP contribution in [0.2, 0.25) is 0 Å². The normalized spacial score (nSPS) is 12.0. The third-order valence-electron chi connectivity index (χ3n) is 2.62. The molecule has 0 spiro atoms. The lowest BCUT2D eigenvalue weighted by Crippen LogP contribution is -2.17. The van der Waals surface area contributed by atoms with Gasteiger partial charge in [-0.2, -0.15) is 5.26 Å². The topological polar surface area (TPSA) is 50.1 Å². The van der Waals surface area contributed by atoms with Crippen molar-refractivity contribution >= 4 is 5.78 Å². The molecule has 0 bridgehead atoms. The van der Waals surface area contributed by atoms with Gasteiger partial charge in [-0.25, -0.2) is 4.39 Å². The van der Waals surface area contributed by atoms with E-state index in [0.29, 0.717) is 6.42 Å². The average Bonchev–Trinajstić information content (AvgIpc) is 2.34. The molecule has 0 aliphatic carbocycles. The van der Waals surface area contributed by atoms with Crippen LogP contribution in [-0.2, 0) is 0 Å². The number of ketones is 1. The highest BCUT2D eigenvalue weighted by molar-refractivity contribution is 6.01. The Balaban J connectivity index is 3.13. The Morgan fingerprint density at radius 1 is 1.50 bits per heavy atom. The van der Waals surface area contributed by atoms with Crippen molar-refractivity contribution < 1.29 is 13.9 Å². The summed E-state index contributed by atoms with van der Waals surface area (Å²) in [6.07, 6.45) is 0.410. The van der Waals surface area contributed by atoms with Gasteiger partial charge in [0.2, 0.25) is 0 Å². The van der Waals surface area contributed by atoms with Gasteiger partial charge in [0.25, 0.3) is 0 Å². The Morgan fingerprint density at radius 2 is 2.17 bits per heavy atom. The van der Waals surface area contributed by atoms with Gasteiger partial charge in [0.1, 0.15) is 17.5 Å². The second-order valence-corrected chi connectivity index (χ2v) is 4.49. The summed E-state index contributed by atoms with van der Waals surface area (Å²) >= 11 is 0. The van der Waals surface area contributed by atoms with Crippen LogP contribution in [0.4, 0.5) is 4.39 Å². The molecule has 0 aromatic heterocycles. The Morgan fingerprint density at radius 3 is 2.67 bits per heavy atom. The lowest BCUT2D eigenvalue weighted by atomic mass is 9.90. The molecule has 0 aliphatic heterocycles. The van der Waals surface area contributed by atoms with Crippen molar-refractivity contribution in [3.8, 4) is 11.8 Å². The number of benzene rings is 1. The van der Waals surface area contributed by atoms with Crippen LogP contribution in [0, 0.1) is 29.0 Å². The molecule has 0 amide bonds. The first-order valence-corrected chi connectivity index (χ1v) is 5.77. The van der Waals surface area contributed by atoms with E-state index < -0.39 is 17.5 Å². The third kappa shape index (κ3) is 3.07. The molecule has 18 heavy (non-hydrogen) atoms. The van der Waals surface area contributed by atoms with E-state index in [2.05, 4.69) is 0 Å². The Labute approximate surface area is 106 Å². The molecule has 0 saturated heterocycles. The number of rotatable bonds is 5. The van der Waals surface area contributed by atoms with Crippen LogP contribution < -0.4 is 4.74 Å². The van der Waals surface area contributed by atoms with Gasteiger partial charge in [-0.1, -0.05) is 19.9 Å². The Hall–Kier alpha value is -1.89. The molecule has 0 N–H and O–H groups in total. The number of Topliss-reactive ketones (excluding diaryl/α,β-unsaturated/α-hetero) is 1. The summed E-state index contributed by atoms with van der Waals surface area (Å²) in [5.74, 6) is -1.64. The minimum Gasteiger partial charge on any atom is -0.496 e. The highest BCUT2D eigenvalue weighted by atomic mass is 19.1. The molecular formula is C14H16FNO2. The van der Waals surface area contributed by atoms with E-state index >= 15 is 0 Å². The molecule has 0 fully saturated rings. The van der Waals surface area contributed by atoms with Crippen molar-refractivity contribution in [1.82, 2.24) is 0 Å². The Kier molecular flexibility index (Phi) is 4.85. The van der Waals surface area contributed by atoms with Crippen LogP contribution >= 0.6 is 0 Å². The summed E-state index contributed by atoms with van der Waals surface area (Å²) in [5.41, 5.74) is -0.132. The second-order valence-electron chi connectivity index (χ2n) is 4.49. The third-order valence-corrected chi connectivity index (χ3v) is 2.62. The van der Waals surface area contributed by atoms with Crippen LogP contribution in [0.25, 0.3) is 0 Å². The number of hydrogen-bond donors (Lipinski definition) is 0. The zero-order valence-electron chi connectivity index (χ0n) is 10.7. The molecule has 1 unspecified atom stereocenters. The summed E-state index contributed by atoms with van der Waals surface area (Å²) in [4.78, 5) is 12.2. The van der Waals surface area contributed by atoms with Crippen molar-refractivity contribution in [1.29, 1.82) is 5.26 Å². The molecule has 1 atom stereocenters.